The lowest BCUT2D eigenvalue weighted by atomic mass is 10.0. The Morgan fingerprint density at radius 1 is 1.21 bits per heavy atom. The fraction of sp³-hybridized carbons (Fsp3) is 0. The van der Waals surface area contributed by atoms with Gasteiger partial charge in [-0.05, 0) is 22.9 Å². The van der Waals surface area contributed by atoms with Gasteiger partial charge in [0, 0.05) is 10.6 Å². The fourth-order valence-electron chi connectivity index (χ4n) is 1.48. The van der Waals surface area contributed by atoms with E-state index in [0.717, 1.165) is 10.8 Å². The highest BCUT2D eigenvalue weighted by atomic mass is 35.5. The first-order chi connectivity index (χ1) is 6.68. The molecule has 70 valence electrons. The number of primary amides is 1. The Balaban J connectivity index is 2.87. The van der Waals surface area contributed by atoms with E-state index in [1.165, 1.54) is 0 Å². The van der Waals surface area contributed by atoms with Gasteiger partial charge in [0.05, 0.1) is 0 Å². The molecule has 0 aliphatic carbocycles. The third kappa shape index (κ3) is 1.44. The van der Waals surface area contributed by atoms with Crippen LogP contribution in [0.1, 0.15) is 10.4 Å². The van der Waals surface area contributed by atoms with Crippen LogP contribution in [0.3, 0.4) is 0 Å². The van der Waals surface area contributed by atoms with Crippen LogP contribution in [0.5, 0.6) is 0 Å². The summed E-state index contributed by atoms with van der Waals surface area (Å²) in [6, 6.07) is 10.9. The van der Waals surface area contributed by atoms with Gasteiger partial charge in [0.25, 0.3) is 0 Å². The van der Waals surface area contributed by atoms with Crippen LogP contribution in [-0.4, -0.2) is 5.91 Å². The quantitative estimate of drug-likeness (QED) is 0.764. The van der Waals surface area contributed by atoms with E-state index in [4.69, 9.17) is 17.3 Å². The lowest BCUT2D eigenvalue weighted by Crippen LogP contribution is -2.11. The Morgan fingerprint density at radius 3 is 2.64 bits per heavy atom. The lowest BCUT2D eigenvalue weighted by molar-refractivity contribution is 0.100. The maximum absolute atomic E-state index is 11.1. The van der Waals surface area contributed by atoms with E-state index in [2.05, 4.69) is 0 Å². The molecule has 0 atom stereocenters. The summed E-state index contributed by atoms with van der Waals surface area (Å²) in [5, 5.41) is 2.29. The molecule has 0 spiro atoms. The van der Waals surface area contributed by atoms with Crippen molar-refractivity contribution in [3.63, 3.8) is 0 Å². The Hall–Kier alpha value is -1.54. The summed E-state index contributed by atoms with van der Waals surface area (Å²) in [7, 11) is 0. The van der Waals surface area contributed by atoms with E-state index in [-0.39, 0.29) is 0 Å². The molecule has 0 heterocycles. The molecule has 0 radical (unpaired) electrons. The van der Waals surface area contributed by atoms with Crippen molar-refractivity contribution in [3.8, 4) is 0 Å². The molecule has 1 amide bonds. The molecule has 2 aromatic carbocycles. The molecule has 2 nitrogen and oxygen atoms in total. The minimum Gasteiger partial charge on any atom is -0.366 e. The number of benzene rings is 2. The average molecular weight is 206 g/mol. The number of rotatable bonds is 1. The second-order valence-corrected chi connectivity index (χ2v) is 3.48. The topological polar surface area (TPSA) is 43.1 Å². The van der Waals surface area contributed by atoms with Crippen molar-refractivity contribution < 1.29 is 4.79 Å². The van der Waals surface area contributed by atoms with Crippen LogP contribution in [0.2, 0.25) is 5.02 Å². The first-order valence-electron chi connectivity index (χ1n) is 4.16. The van der Waals surface area contributed by atoms with Crippen molar-refractivity contribution >= 4 is 28.3 Å². The van der Waals surface area contributed by atoms with Crippen molar-refractivity contribution in [1.82, 2.24) is 0 Å². The molecule has 3 heteroatoms. The zero-order valence-electron chi connectivity index (χ0n) is 7.33. The normalized spacial score (nSPS) is 10.4. The molecule has 2 N–H and O–H groups in total. The number of hydrogen-bond donors (Lipinski definition) is 1. The van der Waals surface area contributed by atoms with E-state index in [9.17, 15) is 4.79 Å². The average Bonchev–Trinajstić information content (AvgIpc) is 2.16. The van der Waals surface area contributed by atoms with E-state index >= 15 is 0 Å². The van der Waals surface area contributed by atoms with Gasteiger partial charge in [0.15, 0.2) is 0 Å². The second kappa shape index (κ2) is 3.31. The van der Waals surface area contributed by atoms with Gasteiger partial charge in [0.2, 0.25) is 5.91 Å². The Bertz CT molecular complexity index is 508. The van der Waals surface area contributed by atoms with E-state index in [1.54, 1.807) is 6.07 Å². The van der Waals surface area contributed by atoms with E-state index < -0.39 is 5.91 Å². The van der Waals surface area contributed by atoms with Gasteiger partial charge in [-0.1, -0.05) is 35.9 Å². The molecule has 0 saturated carbocycles. The number of halogens is 1. The highest BCUT2D eigenvalue weighted by Crippen LogP contribution is 2.23. The predicted molar refractivity (Wildman–Crippen MR) is 57.5 cm³/mol. The van der Waals surface area contributed by atoms with E-state index in [0.29, 0.717) is 10.6 Å². The minimum absolute atomic E-state index is 0.455. The molecule has 0 fully saturated rings. The number of nitrogens with two attached hydrogens (primary N) is 1. The van der Waals surface area contributed by atoms with Gasteiger partial charge in [-0.3, -0.25) is 4.79 Å². The molecule has 0 bridgehead atoms. The molecular formula is C11H8ClNO. The second-order valence-electron chi connectivity index (χ2n) is 3.04. The van der Waals surface area contributed by atoms with Gasteiger partial charge >= 0.3 is 0 Å². The Kier molecular flexibility index (Phi) is 2.14. The Labute approximate surface area is 86.3 Å². The summed E-state index contributed by atoms with van der Waals surface area (Å²) >= 11 is 5.86. The molecular weight excluding hydrogens is 198 g/mol. The van der Waals surface area contributed by atoms with Gasteiger partial charge in [-0.15, -0.1) is 0 Å². The molecule has 0 unspecified atom stereocenters. The van der Waals surface area contributed by atoms with Crippen LogP contribution in [0.25, 0.3) is 10.8 Å². The zero-order chi connectivity index (χ0) is 10.1. The molecule has 0 saturated heterocycles. The van der Waals surface area contributed by atoms with Crippen molar-refractivity contribution in [2.45, 2.75) is 0 Å². The maximum Gasteiger partial charge on any atom is 0.249 e. The first-order valence-corrected chi connectivity index (χ1v) is 4.54. The predicted octanol–water partition coefficient (Wildman–Crippen LogP) is 2.59. The van der Waals surface area contributed by atoms with Gasteiger partial charge in [-0.2, -0.15) is 0 Å². The van der Waals surface area contributed by atoms with Crippen molar-refractivity contribution in [2.24, 2.45) is 5.73 Å². The van der Waals surface area contributed by atoms with Gasteiger partial charge in [-0.25, -0.2) is 0 Å². The Morgan fingerprint density at radius 2 is 1.93 bits per heavy atom. The fourth-order valence-corrected chi connectivity index (χ4v) is 1.70. The van der Waals surface area contributed by atoms with Crippen LogP contribution in [0.15, 0.2) is 36.4 Å². The van der Waals surface area contributed by atoms with Crippen molar-refractivity contribution in [1.29, 1.82) is 0 Å². The zero-order valence-corrected chi connectivity index (χ0v) is 8.08. The number of carbonyl (C=O) groups excluding carboxylic acids is 1. The smallest absolute Gasteiger partial charge is 0.249 e. The lowest BCUT2D eigenvalue weighted by Gasteiger charge is -2.03. The summed E-state index contributed by atoms with van der Waals surface area (Å²) in [5.41, 5.74) is 5.72. The summed E-state index contributed by atoms with van der Waals surface area (Å²) in [6.45, 7) is 0. The summed E-state index contributed by atoms with van der Waals surface area (Å²) in [5.74, 6) is -0.455. The maximum atomic E-state index is 11.1. The monoisotopic (exact) mass is 205 g/mol. The third-order valence-corrected chi connectivity index (χ3v) is 2.31. The van der Waals surface area contributed by atoms with Crippen molar-refractivity contribution in [3.05, 3.63) is 47.0 Å². The highest BCUT2D eigenvalue weighted by molar-refractivity contribution is 6.32. The minimum atomic E-state index is -0.455. The SMILES string of the molecule is NC(=O)c1cc(Cl)cc2ccccc12. The number of hydrogen-bond acceptors (Lipinski definition) is 1. The van der Waals surface area contributed by atoms with Crippen LogP contribution < -0.4 is 5.73 Å². The van der Waals surface area contributed by atoms with E-state index in [1.807, 2.05) is 30.3 Å². The number of carbonyl (C=O) groups is 1. The molecule has 2 rings (SSSR count). The third-order valence-electron chi connectivity index (χ3n) is 2.09. The standard InChI is InChI=1S/C11H8ClNO/c12-8-5-7-3-1-2-4-9(7)10(6-8)11(13)14/h1-6H,(H2,13,14). The van der Waals surface area contributed by atoms with Crippen LogP contribution in [0, 0.1) is 0 Å². The molecule has 2 aromatic rings. The van der Waals surface area contributed by atoms with Crippen molar-refractivity contribution in [2.75, 3.05) is 0 Å². The van der Waals surface area contributed by atoms with Crippen LogP contribution >= 0.6 is 11.6 Å². The van der Waals surface area contributed by atoms with Gasteiger partial charge < -0.3 is 5.73 Å². The van der Waals surface area contributed by atoms with Crippen LogP contribution in [0.4, 0.5) is 0 Å². The van der Waals surface area contributed by atoms with Gasteiger partial charge in [0.1, 0.15) is 0 Å². The summed E-state index contributed by atoms with van der Waals surface area (Å²) in [4.78, 5) is 11.1. The molecule has 14 heavy (non-hydrogen) atoms. The largest absolute Gasteiger partial charge is 0.366 e. The molecule has 0 aliphatic rings. The highest BCUT2D eigenvalue weighted by Gasteiger charge is 2.06. The van der Waals surface area contributed by atoms with Crippen LogP contribution in [-0.2, 0) is 0 Å². The summed E-state index contributed by atoms with van der Waals surface area (Å²) in [6.07, 6.45) is 0. The summed E-state index contributed by atoms with van der Waals surface area (Å²) < 4.78 is 0. The number of fused-ring (bicyclic) bond motifs is 1. The molecule has 0 aromatic heterocycles. The first kappa shape index (κ1) is 9.03. The number of amides is 1. The molecule has 0 aliphatic heterocycles.